The number of aromatic hydroxyl groups is 1. The molecule has 0 bridgehead atoms. The average Bonchev–Trinajstić information content (AvgIpc) is 3.31. The quantitative estimate of drug-likeness (QED) is 0.529. The van der Waals surface area contributed by atoms with Crippen molar-refractivity contribution in [2.75, 3.05) is 20.8 Å². The number of esters is 2. The zero-order valence-electron chi connectivity index (χ0n) is 16.0. The molecule has 0 saturated carbocycles. The summed E-state index contributed by atoms with van der Waals surface area (Å²) >= 11 is 2.16. The topological polar surface area (TPSA) is 110 Å². The predicted molar refractivity (Wildman–Crippen MR) is 112 cm³/mol. The number of imide groups is 1. The van der Waals surface area contributed by atoms with Gasteiger partial charge in [-0.25, -0.2) is 4.79 Å². The zero-order chi connectivity index (χ0) is 21.8. The standard InChI is InChI=1S/C20H17NO7S2/c1-27-17(23)7-8-21-18(24)16(30-20(21)26)10-12-4-6-15(29-12)11-3-5-14(22)13(9-11)19(25)28-2/h3-6,9-10,22H,7-8H2,1-2H3/b16-10-. The molecule has 1 aliphatic heterocycles. The van der Waals surface area contributed by atoms with Gasteiger partial charge in [-0.3, -0.25) is 19.3 Å². The molecule has 2 heterocycles. The summed E-state index contributed by atoms with van der Waals surface area (Å²) in [5.41, 5.74) is 0.751. The second-order valence-electron chi connectivity index (χ2n) is 6.09. The molecule has 2 aromatic rings. The van der Waals surface area contributed by atoms with Crippen LogP contribution in [0.25, 0.3) is 16.5 Å². The summed E-state index contributed by atoms with van der Waals surface area (Å²) in [6, 6.07) is 8.20. The van der Waals surface area contributed by atoms with Crippen LogP contribution in [0.3, 0.4) is 0 Å². The molecule has 3 rings (SSSR count). The van der Waals surface area contributed by atoms with Crippen molar-refractivity contribution in [1.82, 2.24) is 4.90 Å². The number of hydrogen-bond donors (Lipinski definition) is 1. The summed E-state index contributed by atoms with van der Waals surface area (Å²) in [6.45, 7) is -0.0335. The fraction of sp³-hybridized carbons (Fsp3) is 0.200. The summed E-state index contributed by atoms with van der Waals surface area (Å²) < 4.78 is 9.20. The Kier molecular flexibility index (Phi) is 6.58. The van der Waals surface area contributed by atoms with Gasteiger partial charge in [-0.2, -0.15) is 0 Å². The van der Waals surface area contributed by atoms with Crippen LogP contribution in [0.2, 0.25) is 0 Å². The van der Waals surface area contributed by atoms with Gasteiger partial charge in [0.05, 0.1) is 25.5 Å². The minimum atomic E-state index is -0.647. The van der Waals surface area contributed by atoms with E-state index in [9.17, 15) is 24.3 Å². The highest BCUT2D eigenvalue weighted by molar-refractivity contribution is 8.18. The molecule has 30 heavy (non-hydrogen) atoms. The number of carbonyl (C=O) groups is 4. The van der Waals surface area contributed by atoms with Gasteiger partial charge in [-0.1, -0.05) is 0 Å². The number of amides is 2. The van der Waals surface area contributed by atoms with Crippen LogP contribution in [-0.2, 0) is 19.1 Å². The second kappa shape index (κ2) is 9.14. The van der Waals surface area contributed by atoms with Crippen LogP contribution in [0.5, 0.6) is 5.75 Å². The molecule has 0 unspecified atom stereocenters. The number of phenolic OH excluding ortho intramolecular Hbond substituents is 1. The van der Waals surface area contributed by atoms with Gasteiger partial charge in [-0.15, -0.1) is 11.3 Å². The Bertz CT molecular complexity index is 1060. The first-order chi connectivity index (χ1) is 14.3. The van der Waals surface area contributed by atoms with E-state index in [0.717, 1.165) is 26.4 Å². The zero-order valence-corrected chi connectivity index (χ0v) is 17.7. The van der Waals surface area contributed by atoms with E-state index >= 15 is 0 Å². The number of carbonyl (C=O) groups excluding carboxylic acids is 4. The van der Waals surface area contributed by atoms with E-state index in [2.05, 4.69) is 9.47 Å². The number of thioether (sulfide) groups is 1. The van der Waals surface area contributed by atoms with Gasteiger partial charge in [-0.05, 0) is 53.7 Å². The number of methoxy groups -OCH3 is 2. The van der Waals surface area contributed by atoms with E-state index in [0.29, 0.717) is 5.56 Å². The van der Waals surface area contributed by atoms with E-state index in [4.69, 9.17) is 0 Å². The monoisotopic (exact) mass is 447 g/mol. The SMILES string of the molecule is COC(=O)CCN1C(=O)S/C(=C\c2ccc(-c3ccc(O)c(C(=O)OC)c3)s2)C1=O. The lowest BCUT2D eigenvalue weighted by atomic mass is 10.1. The molecule has 1 aromatic carbocycles. The number of ether oxygens (including phenoxy) is 2. The molecule has 8 nitrogen and oxygen atoms in total. The van der Waals surface area contributed by atoms with E-state index in [1.54, 1.807) is 18.2 Å². The fourth-order valence-corrected chi connectivity index (χ4v) is 4.55. The maximum atomic E-state index is 12.5. The Balaban J connectivity index is 1.79. The van der Waals surface area contributed by atoms with E-state index in [1.807, 2.05) is 6.07 Å². The molecule has 1 N–H and O–H groups in total. The predicted octanol–water partition coefficient (Wildman–Crippen LogP) is 3.51. The number of benzene rings is 1. The highest BCUT2D eigenvalue weighted by atomic mass is 32.2. The average molecular weight is 447 g/mol. The first-order valence-corrected chi connectivity index (χ1v) is 10.3. The summed E-state index contributed by atoms with van der Waals surface area (Å²) in [7, 11) is 2.47. The van der Waals surface area contributed by atoms with Crippen LogP contribution < -0.4 is 0 Å². The highest BCUT2D eigenvalue weighted by Crippen LogP contribution is 2.36. The molecule has 1 aliphatic rings. The van der Waals surface area contributed by atoms with Gasteiger partial charge in [0, 0.05) is 16.3 Å². The van der Waals surface area contributed by atoms with E-state index in [1.165, 1.54) is 37.7 Å². The molecular weight excluding hydrogens is 430 g/mol. The molecule has 1 fully saturated rings. The van der Waals surface area contributed by atoms with Crippen LogP contribution in [0.4, 0.5) is 4.79 Å². The molecular formula is C20H17NO7S2. The maximum Gasteiger partial charge on any atom is 0.341 e. The largest absolute Gasteiger partial charge is 0.507 e. The third-order valence-electron chi connectivity index (χ3n) is 4.23. The van der Waals surface area contributed by atoms with Crippen molar-refractivity contribution in [3.63, 3.8) is 0 Å². The molecule has 156 valence electrons. The lowest BCUT2D eigenvalue weighted by molar-refractivity contribution is -0.141. The highest BCUT2D eigenvalue weighted by Gasteiger charge is 2.35. The normalized spacial score (nSPS) is 15.0. The Hall–Kier alpha value is -3.11. The lowest BCUT2D eigenvalue weighted by Gasteiger charge is -2.10. The van der Waals surface area contributed by atoms with Gasteiger partial charge >= 0.3 is 11.9 Å². The summed E-state index contributed by atoms with van der Waals surface area (Å²) in [5, 5.41) is 9.40. The summed E-state index contributed by atoms with van der Waals surface area (Å²) in [4.78, 5) is 50.4. The molecule has 1 saturated heterocycles. The van der Waals surface area contributed by atoms with Crippen LogP contribution in [0, 0.1) is 0 Å². The number of nitrogens with zero attached hydrogens (tertiary/aromatic N) is 1. The van der Waals surface area contributed by atoms with Crippen LogP contribution in [-0.4, -0.2) is 53.9 Å². The van der Waals surface area contributed by atoms with Crippen molar-refractivity contribution in [3.05, 3.63) is 45.7 Å². The Morgan fingerprint density at radius 2 is 1.90 bits per heavy atom. The van der Waals surface area contributed by atoms with Crippen molar-refractivity contribution in [1.29, 1.82) is 0 Å². The summed E-state index contributed by atoms with van der Waals surface area (Å²) in [6.07, 6.45) is 1.55. The lowest BCUT2D eigenvalue weighted by Crippen LogP contribution is -2.30. The van der Waals surface area contributed by atoms with E-state index in [-0.39, 0.29) is 29.2 Å². The fourth-order valence-electron chi connectivity index (χ4n) is 2.68. The van der Waals surface area contributed by atoms with Gasteiger partial charge < -0.3 is 14.6 Å². The van der Waals surface area contributed by atoms with Crippen molar-refractivity contribution in [2.24, 2.45) is 0 Å². The molecule has 0 aliphatic carbocycles. The minimum absolute atomic E-state index is 0.0335. The van der Waals surface area contributed by atoms with Crippen LogP contribution in [0.1, 0.15) is 21.7 Å². The van der Waals surface area contributed by atoms with Gasteiger partial charge in [0.15, 0.2) is 0 Å². The third-order valence-corrected chi connectivity index (χ3v) is 6.22. The molecule has 0 atom stereocenters. The molecule has 10 heteroatoms. The number of hydrogen-bond acceptors (Lipinski definition) is 9. The second-order valence-corrected chi connectivity index (χ2v) is 8.19. The van der Waals surface area contributed by atoms with Gasteiger partial charge in [0.1, 0.15) is 11.3 Å². The third kappa shape index (κ3) is 4.55. The Labute approximate surface area is 180 Å². The van der Waals surface area contributed by atoms with Crippen molar-refractivity contribution in [2.45, 2.75) is 6.42 Å². The smallest absolute Gasteiger partial charge is 0.341 e. The Morgan fingerprint density at radius 3 is 2.60 bits per heavy atom. The number of thiophene rings is 1. The van der Waals surface area contributed by atoms with E-state index < -0.39 is 23.1 Å². The van der Waals surface area contributed by atoms with Crippen molar-refractivity contribution in [3.8, 4) is 16.2 Å². The van der Waals surface area contributed by atoms with Crippen molar-refractivity contribution >= 4 is 52.3 Å². The number of phenols is 1. The molecule has 0 radical (unpaired) electrons. The first kappa shape index (κ1) is 21.6. The first-order valence-electron chi connectivity index (χ1n) is 8.67. The number of rotatable bonds is 6. The van der Waals surface area contributed by atoms with Crippen LogP contribution in [0.15, 0.2) is 35.2 Å². The van der Waals surface area contributed by atoms with Gasteiger partial charge in [0.2, 0.25) is 0 Å². The van der Waals surface area contributed by atoms with Gasteiger partial charge in [0.25, 0.3) is 11.1 Å². The Morgan fingerprint density at radius 1 is 1.13 bits per heavy atom. The molecule has 1 aromatic heterocycles. The van der Waals surface area contributed by atoms with Crippen LogP contribution >= 0.6 is 23.1 Å². The maximum absolute atomic E-state index is 12.5. The van der Waals surface area contributed by atoms with Crippen molar-refractivity contribution < 1.29 is 33.8 Å². The minimum Gasteiger partial charge on any atom is -0.507 e. The molecule has 2 amide bonds. The summed E-state index contributed by atoms with van der Waals surface area (Å²) in [5.74, 6) is -1.78. The molecule has 0 spiro atoms.